The molecule has 0 amide bonds. The molecule has 4 nitrogen and oxygen atoms in total. The molecular weight excluding hydrogens is 239 g/mol. The first-order valence-corrected chi connectivity index (χ1v) is 5.32. The zero-order chi connectivity index (χ0) is 13.1. The standard InChI is InChI=1S/C13H11FO4/c14-11-3-1-2-9-10(11)6-8(13(16)17)7-12(9)18-5-4-15/h1-3,6-7,15H,4-5H2,(H,16,17). The molecule has 0 saturated heterocycles. The number of halogens is 1. The van der Waals surface area contributed by atoms with Crippen LogP contribution in [0.5, 0.6) is 5.75 Å². The van der Waals surface area contributed by atoms with Gasteiger partial charge in [-0.25, -0.2) is 9.18 Å². The van der Waals surface area contributed by atoms with Crippen LogP contribution in [0.2, 0.25) is 0 Å². The van der Waals surface area contributed by atoms with Crippen molar-refractivity contribution in [3.8, 4) is 5.75 Å². The maximum Gasteiger partial charge on any atom is 0.335 e. The predicted molar refractivity (Wildman–Crippen MR) is 63.4 cm³/mol. The van der Waals surface area contributed by atoms with Gasteiger partial charge in [-0.15, -0.1) is 0 Å². The first kappa shape index (κ1) is 12.3. The molecule has 18 heavy (non-hydrogen) atoms. The van der Waals surface area contributed by atoms with Crippen molar-refractivity contribution in [2.24, 2.45) is 0 Å². The highest BCUT2D eigenvalue weighted by Gasteiger charge is 2.12. The summed E-state index contributed by atoms with van der Waals surface area (Å²) in [6.45, 7) is -0.178. The zero-order valence-electron chi connectivity index (χ0n) is 9.39. The van der Waals surface area contributed by atoms with Crippen molar-refractivity contribution in [2.75, 3.05) is 13.2 Å². The van der Waals surface area contributed by atoms with Crippen LogP contribution in [0.1, 0.15) is 10.4 Å². The van der Waals surface area contributed by atoms with Gasteiger partial charge in [0.05, 0.1) is 12.2 Å². The van der Waals surface area contributed by atoms with Crippen molar-refractivity contribution in [3.63, 3.8) is 0 Å². The zero-order valence-corrected chi connectivity index (χ0v) is 9.39. The van der Waals surface area contributed by atoms with Gasteiger partial charge in [-0.3, -0.25) is 0 Å². The highest BCUT2D eigenvalue weighted by Crippen LogP contribution is 2.29. The number of hydrogen-bond donors (Lipinski definition) is 2. The monoisotopic (exact) mass is 250 g/mol. The van der Waals surface area contributed by atoms with Gasteiger partial charge in [-0.1, -0.05) is 12.1 Å². The maximum atomic E-state index is 13.6. The Hall–Kier alpha value is -2.14. The normalized spacial score (nSPS) is 10.6. The molecule has 5 heteroatoms. The van der Waals surface area contributed by atoms with E-state index in [0.717, 1.165) is 0 Å². The minimum atomic E-state index is -1.16. The minimum Gasteiger partial charge on any atom is -0.491 e. The van der Waals surface area contributed by atoms with Crippen LogP contribution < -0.4 is 4.74 Å². The number of aromatic carboxylic acids is 1. The van der Waals surface area contributed by atoms with Gasteiger partial charge in [0.2, 0.25) is 0 Å². The van der Waals surface area contributed by atoms with Crippen LogP contribution in [0.15, 0.2) is 30.3 Å². The van der Waals surface area contributed by atoms with Gasteiger partial charge in [0.15, 0.2) is 0 Å². The fourth-order valence-electron chi connectivity index (χ4n) is 1.71. The molecule has 0 atom stereocenters. The van der Waals surface area contributed by atoms with Crippen molar-refractivity contribution < 1.29 is 24.1 Å². The van der Waals surface area contributed by atoms with E-state index in [1.807, 2.05) is 0 Å². The number of rotatable bonds is 4. The molecule has 2 aromatic rings. The summed E-state index contributed by atoms with van der Waals surface area (Å²) in [5.74, 6) is -1.42. The molecule has 0 spiro atoms. The van der Waals surface area contributed by atoms with E-state index < -0.39 is 11.8 Å². The number of carboxylic acid groups (broad SMARTS) is 1. The molecule has 0 fully saturated rings. The van der Waals surface area contributed by atoms with Gasteiger partial charge in [0.1, 0.15) is 18.2 Å². The van der Waals surface area contributed by atoms with E-state index >= 15 is 0 Å². The Morgan fingerprint density at radius 1 is 1.28 bits per heavy atom. The van der Waals surface area contributed by atoms with Crippen LogP contribution in [-0.4, -0.2) is 29.4 Å². The van der Waals surface area contributed by atoms with Crippen LogP contribution >= 0.6 is 0 Å². The van der Waals surface area contributed by atoms with Crippen molar-refractivity contribution >= 4 is 16.7 Å². The molecule has 0 radical (unpaired) electrons. The van der Waals surface area contributed by atoms with Crippen LogP contribution in [0.3, 0.4) is 0 Å². The van der Waals surface area contributed by atoms with E-state index in [1.165, 1.54) is 24.3 Å². The second kappa shape index (κ2) is 5.01. The van der Waals surface area contributed by atoms with Gasteiger partial charge in [-0.05, 0) is 18.2 Å². The smallest absolute Gasteiger partial charge is 0.335 e. The third kappa shape index (κ3) is 2.26. The topological polar surface area (TPSA) is 66.8 Å². The number of aliphatic hydroxyl groups is 1. The molecule has 2 N–H and O–H groups in total. The molecule has 0 aliphatic heterocycles. The molecule has 0 bridgehead atoms. The number of aliphatic hydroxyl groups excluding tert-OH is 1. The van der Waals surface area contributed by atoms with Gasteiger partial charge < -0.3 is 14.9 Å². The first-order valence-electron chi connectivity index (χ1n) is 5.32. The molecule has 0 unspecified atom stereocenters. The van der Waals surface area contributed by atoms with Gasteiger partial charge in [0.25, 0.3) is 0 Å². The minimum absolute atomic E-state index is 0.0225. The van der Waals surface area contributed by atoms with E-state index in [9.17, 15) is 9.18 Å². The Labute approximate surface area is 102 Å². The van der Waals surface area contributed by atoms with Gasteiger partial charge in [0, 0.05) is 10.8 Å². The highest BCUT2D eigenvalue weighted by molar-refractivity contribution is 5.97. The summed E-state index contributed by atoms with van der Waals surface area (Å²) in [7, 11) is 0. The molecular formula is C13H11FO4. The molecule has 0 aromatic heterocycles. The van der Waals surface area contributed by atoms with Crippen molar-refractivity contribution in [1.29, 1.82) is 0 Å². The summed E-state index contributed by atoms with van der Waals surface area (Å²) in [4.78, 5) is 11.0. The second-order valence-electron chi connectivity index (χ2n) is 3.69. The summed E-state index contributed by atoms with van der Waals surface area (Å²) in [6, 6.07) is 6.99. The lowest BCUT2D eigenvalue weighted by atomic mass is 10.1. The summed E-state index contributed by atoms with van der Waals surface area (Å²) >= 11 is 0. The molecule has 0 aliphatic rings. The number of fused-ring (bicyclic) bond motifs is 1. The first-order chi connectivity index (χ1) is 8.63. The lowest BCUT2D eigenvalue weighted by Crippen LogP contribution is -2.04. The Morgan fingerprint density at radius 3 is 2.72 bits per heavy atom. The number of benzene rings is 2. The lowest BCUT2D eigenvalue weighted by molar-refractivity contribution is 0.0696. The average molecular weight is 250 g/mol. The summed E-state index contributed by atoms with van der Waals surface area (Å²) < 4.78 is 18.9. The van der Waals surface area contributed by atoms with Gasteiger partial charge >= 0.3 is 5.97 Å². The predicted octanol–water partition coefficient (Wildman–Crippen LogP) is 2.05. The van der Waals surface area contributed by atoms with Crippen molar-refractivity contribution in [2.45, 2.75) is 0 Å². The third-order valence-electron chi connectivity index (χ3n) is 2.50. The molecule has 2 aromatic carbocycles. The van der Waals surface area contributed by atoms with Crippen molar-refractivity contribution in [3.05, 3.63) is 41.7 Å². The number of ether oxygens (including phenoxy) is 1. The number of hydrogen-bond acceptors (Lipinski definition) is 3. The summed E-state index contributed by atoms with van der Waals surface area (Å²) in [5.41, 5.74) is -0.0551. The van der Waals surface area contributed by atoms with E-state index in [-0.39, 0.29) is 29.9 Å². The van der Waals surface area contributed by atoms with E-state index in [1.54, 1.807) is 6.07 Å². The average Bonchev–Trinajstić information content (AvgIpc) is 2.36. The largest absolute Gasteiger partial charge is 0.491 e. The summed E-state index contributed by atoms with van der Waals surface area (Å²) in [6.07, 6.45) is 0. The SMILES string of the molecule is O=C(O)c1cc(OCCO)c2cccc(F)c2c1. The Balaban J connectivity index is 2.65. The second-order valence-corrected chi connectivity index (χ2v) is 3.69. The number of carboxylic acids is 1. The van der Waals surface area contributed by atoms with Crippen LogP contribution in [-0.2, 0) is 0 Å². The molecule has 0 aliphatic carbocycles. The highest BCUT2D eigenvalue weighted by atomic mass is 19.1. The van der Waals surface area contributed by atoms with E-state index in [4.69, 9.17) is 14.9 Å². The molecule has 2 rings (SSSR count). The quantitative estimate of drug-likeness (QED) is 0.871. The van der Waals surface area contributed by atoms with Gasteiger partial charge in [-0.2, -0.15) is 0 Å². The Morgan fingerprint density at radius 2 is 2.06 bits per heavy atom. The lowest BCUT2D eigenvalue weighted by Gasteiger charge is -2.10. The van der Waals surface area contributed by atoms with E-state index in [0.29, 0.717) is 5.39 Å². The van der Waals surface area contributed by atoms with Crippen LogP contribution in [0.4, 0.5) is 4.39 Å². The Bertz CT molecular complexity index is 595. The van der Waals surface area contributed by atoms with Crippen LogP contribution in [0, 0.1) is 5.82 Å². The Kier molecular flexibility index (Phi) is 3.43. The number of carbonyl (C=O) groups is 1. The third-order valence-corrected chi connectivity index (χ3v) is 2.50. The molecule has 94 valence electrons. The fourth-order valence-corrected chi connectivity index (χ4v) is 1.71. The maximum absolute atomic E-state index is 13.6. The van der Waals surface area contributed by atoms with Crippen LogP contribution in [0.25, 0.3) is 10.8 Å². The van der Waals surface area contributed by atoms with Crippen molar-refractivity contribution in [1.82, 2.24) is 0 Å². The fraction of sp³-hybridized carbons (Fsp3) is 0.154. The van der Waals surface area contributed by atoms with E-state index in [2.05, 4.69) is 0 Å². The molecule has 0 saturated carbocycles. The molecule has 0 heterocycles. The summed E-state index contributed by atoms with van der Waals surface area (Å²) in [5, 5.41) is 18.3.